The summed E-state index contributed by atoms with van der Waals surface area (Å²) in [5.41, 5.74) is 8.43. The van der Waals surface area contributed by atoms with Crippen LogP contribution in [-0.2, 0) is 17.6 Å². The number of aryl methyl sites for hydroxylation is 2. The van der Waals surface area contributed by atoms with Crippen molar-refractivity contribution in [1.82, 2.24) is 24.8 Å². The summed E-state index contributed by atoms with van der Waals surface area (Å²) in [6, 6.07) is 18.7. The fourth-order valence-electron chi connectivity index (χ4n) is 6.75. The van der Waals surface area contributed by atoms with Crippen molar-refractivity contribution in [2.45, 2.75) is 32.2 Å². The number of carbonyl (C=O) groups is 2. The second-order valence-corrected chi connectivity index (χ2v) is 12.2. The van der Waals surface area contributed by atoms with Gasteiger partial charge in [0.1, 0.15) is 11.6 Å². The van der Waals surface area contributed by atoms with E-state index in [-0.39, 0.29) is 5.91 Å². The van der Waals surface area contributed by atoms with Crippen molar-refractivity contribution in [3.05, 3.63) is 83.4 Å². The smallest absolute Gasteiger partial charge is 0.257 e. The van der Waals surface area contributed by atoms with Crippen LogP contribution in [0.5, 0.6) is 0 Å². The van der Waals surface area contributed by atoms with Crippen molar-refractivity contribution in [2.24, 2.45) is 5.92 Å². The number of hydrogen-bond acceptors (Lipinski definition) is 6. The monoisotopic (exact) mass is 575 g/mol. The maximum absolute atomic E-state index is 12.9. The summed E-state index contributed by atoms with van der Waals surface area (Å²) in [5, 5.41) is 2.99. The van der Waals surface area contributed by atoms with E-state index in [4.69, 9.17) is 4.98 Å². The number of amides is 2. The quantitative estimate of drug-likeness (QED) is 0.321. The van der Waals surface area contributed by atoms with Gasteiger partial charge in [0.25, 0.3) is 5.91 Å². The number of fused-ring (bicyclic) bond motifs is 3. The summed E-state index contributed by atoms with van der Waals surface area (Å²) in [6.45, 7) is 6.25. The largest absolute Gasteiger partial charge is 0.353 e. The number of hydrogen-bond donors (Lipinski definition) is 2. The number of pyridine rings is 1. The first-order valence-corrected chi connectivity index (χ1v) is 15.2. The molecule has 0 radical (unpaired) electrons. The van der Waals surface area contributed by atoms with Crippen LogP contribution in [0.25, 0.3) is 22.4 Å². The van der Waals surface area contributed by atoms with Crippen LogP contribution in [0.1, 0.15) is 46.8 Å². The van der Waals surface area contributed by atoms with Crippen LogP contribution >= 0.6 is 0 Å². The third-order valence-corrected chi connectivity index (χ3v) is 9.15. The van der Waals surface area contributed by atoms with Gasteiger partial charge in [0, 0.05) is 55.9 Å². The Balaban J connectivity index is 1.01. The highest BCUT2D eigenvalue weighted by atomic mass is 16.1. The van der Waals surface area contributed by atoms with Crippen molar-refractivity contribution in [3.8, 4) is 22.4 Å². The zero-order valence-corrected chi connectivity index (χ0v) is 24.7. The van der Waals surface area contributed by atoms with Crippen LogP contribution in [0.4, 0.5) is 11.5 Å². The molecule has 1 aliphatic carbocycles. The van der Waals surface area contributed by atoms with Gasteiger partial charge >= 0.3 is 0 Å². The molecule has 2 N–H and O–H groups in total. The standard InChI is InChI=1S/C34H37N7O2/c1-22-17-30(39(2)20-22)33-37-29-11-6-25-18-24(5-10-28(25)32(29)38-33)23-3-8-27(9-4-23)36-34(43)26-7-12-31(35-19-26)41-15-13-40(21-42)14-16-41/h3-5,7-10,12,18-19,21-22,30H,6,11,13-17,20H2,1-2H3,(H,36,43)(H,37,38). The molecule has 9 nitrogen and oxygen atoms in total. The summed E-state index contributed by atoms with van der Waals surface area (Å²) < 4.78 is 0. The summed E-state index contributed by atoms with van der Waals surface area (Å²) in [4.78, 5) is 43.4. The summed E-state index contributed by atoms with van der Waals surface area (Å²) in [7, 11) is 2.20. The highest BCUT2D eigenvalue weighted by Gasteiger charge is 2.32. The van der Waals surface area contributed by atoms with Crippen molar-refractivity contribution < 1.29 is 9.59 Å². The Morgan fingerprint density at radius 1 is 1.00 bits per heavy atom. The number of carbonyl (C=O) groups excluding carboxylic acids is 2. The molecule has 2 unspecified atom stereocenters. The van der Waals surface area contributed by atoms with Crippen LogP contribution in [0.2, 0.25) is 0 Å². The van der Waals surface area contributed by atoms with Gasteiger partial charge in [0.2, 0.25) is 6.41 Å². The molecule has 0 spiro atoms. The SMILES string of the molecule is CC1CC(c2nc3c([nH]2)CCc2cc(-c4ccc(NC(=O)c5ccc(N6CCN(C=O)CC6)nc5)cc4)ccc2-3)N(C)C1. The number of nitrogens with zero attached hydrogens (tertiary/aromatic N) is 5. The van der Waals surface area contributed by atoms with Crippen molar-refractivity contribution in [1.29, 1.82) is 0 Å². The van der Waals surface area contributed by atoms with E-state index in [0.29, 0.717) is 30.6 Å². The number of imidazole rings is 1. The van der Waals surface area contributed by atoms with Gasteiger partial charge < -0.3 is 20.1 Å². The normalized spacial score (nSPS) is 20.0. The van der Waals surface area contributed by atoms with E-state index in [0.717, 1.165) is 79.5 Å². The molecule has 2 atom stereocenters. The molecule has 0 bridgehead atoms. The molecule has 43 heavy (non-hydrogen) atoms. The second kappa shape index (κ2) is 11.3. The van der Waals surface area contributed by atoms with Crippen molar-refractivity contribution in [2.75, 3.05) is 50.0 Å². The van der Waals surface area contributed by atoms with E-state index in [9.17, 15) is 9.59 Å². The maximum Gasteiger partial charge on any atom is 0.257 e. The average molecular weight is 576 g/mol. The minimum absolute atomic E-state index is 0.196. The zero-order chi connectivity index (χ0) is 29.5. The lowest BCUT2D eigenvalue weighted by Crippen LogP contribution is -2.46. The van der Waals surface area contributed by atoms with Crippen LogP contribution in [-0.4, -0.2) is 76.8 Å². The molecule has 4 heterocycles. The lowest BCUT2D eigenvalue weighted by atomic mass is 9.89. The first-order chi connectivity index (χ1) is 20.9. The number of nitrogens with one attached hydrogen (secondary N) is 2. The molecule has 9 heteroatoms. The molecular formula is C34H37N7O2. The first-order valence-electron chi connectivity index (χ1n) is 15.2. The minimum atomic E-state index is -0.196. The fraction of sp³-hybridized carbons (Fsp3) is 0.353. The van der Waals surface area contributed by atoms with Gasteiger partial charge in [0.05, 0.1) is 17.3 Å². The molecule has 4 aromatic rings. The van der Waals surface area contributed by atoms with Crippen molar-refractivity contribution in [3.63, 3.8) is 0 Å². The number of likely N-dealkylation sites (tertiary alicyclic amines) is 1. The highest BCUT2D eigenvalue weighted by molar-refractivity contribution is 6.04. The maximum atomic E-state index is 12.9. The predicted octanol–water partition coefficient (Wildman–Crippen LogP) is 4.78. The zero-order valence-electron chi connectivity index (χ0n) is 24.7. The Morgan fingerprint density at radius 3 is 2.49 bits per heavy atom. The summed E-state index contributed by atoms with van der Waals surface area (Å²) >= 11 is 0. The Labute approximate surface area is 251 Å². The van der Waals surface area contributed by atoms with E-state index in [2.05, 4.69) is 69.4 Å². The molecular weight excluding hydrogens is 538 g/mol. The number of H-pyrrole nitrogens is 1. The third-order valence-electron chi connectivity index (χ3n) is 9.15. The number of aromatic nitrogens is 3. The van der Waals surface area contributed by atoms with Crippen LogP contribution in [0.15, 0.2) is 60.8 Å². The Morgan fingerprint density at radius 2 is 1.79 bits per heavy atom. The van der Waals surface area contributed by atoms with E-state index in [1.165, 1.54) is 16.8 Å². The van der Waals surface area contributed by atoms with Gasteiger partial charge in [-0.15, -0.1) is 0 Å². The van der Waals surface area contributed by atoms with Gasteiger partial charge in [-0.25, -0.2) is 9.97 Å². The van der Waals surface area contributed by atoms with Gasteiger partial charge in [-0.2, -0.15) is 0 Å². The van der Waals surface area contributed by atoms with Crippen LogP contribution in [0, 0.1) is 5.92 Å². The molecule has 3 aliphatic rings. The predicted molar refractivity (Wildman–Crippen MR) is 168 cm³/mol. The number of aromatic amines is 1. The molecule has 7 rings (SSSR count). The van der Waals surface area contributed by atoms with Gasteiger partial charge in [-0.1, -0.05) is 37.3 Å². The number of anilines is 2. The molecule has 2 saturated heterocycles. The van der Waals surface area contributed by atoms with E-state index >= 15 is 0 Å². The van der Waals surface area contributed by atoms with Crippen LogP contribution < -0.4 is 10.2 Å². The molecule has 2 amide bonds. The van der Waals surface area contributed by atoms with Gasteiger partial charge in [-0.05, 0) is 73.2 Å². The second-order valence-electron chi connectivity index (χ2n) is 12.2. The Hall–Kier alpha value is -4.50. The van der Waals surface area contributed by atoms with Gasteiger partial charge in [-0.3, -0.25) is 14.5 Å². The lowest BCUT2D eigenvalue weighted by Gasteiger charge is -2.33. The Bertz CT molecular complexity index is 1640. The summed E-state index contributed by atoms with van der Waals surface area (Å²) in [6.07, 6.45) is 5.61. The minimum Gasteiger partial charge on any atom is -0.353 e. The van der Waals surface area contributed by atoms with Crippen molar-refractivity contribution >= 4 is 23.8 Å². The van der Waals surface area contributed by atoms with Crippen LogP contribution in [0.3, 0.4) is 0 Å². The lowest BCUT2D eigenvalue weighted by molar-refractivity contribution is -0.118. The molecule has 0 saturated carbocycles. The topological polar surface area (TPSA) is 97.5 Å². The first kappa shape index (κ1) is 27.3. The highest BCUT2D eigenvalue weighted by Crippen LogP contribution is 2.38. The van der Waals surface area contributed by atoms with Gasteiger partial charge in [0.15, 0.2) is 0 Å². The Kier molecular flexibility index (Phi) is 7.18. The van der Waals surface area contributed by atoms with E-state index in [1.54, 1.807) is 17.2 Å². The number of benzene rings is 2. The summed E-state index contributed by atoms with van der Waals surface area (Å²) in [5.74, 6) is 2.42. The molecule has 220 valence electrons. The number of piperazine rings is 1. The number of rotatable bonds is 6. The third kappa shape index (κ3) is 5.41. The van der Waals surface area contributed by atoms with E-state index in [1.807, 2.05) is 18.2 Å². The molecule has 2 aromatic heterocycles. The molecule has 2 aliphatic heterocycles. The average Bonchev–Trinajstić information content (AvgIpc) is 3.63. The molecule has 2 fully saturated rings. The fourth-order valence-corrected chi connectivity index (χ4v) is 6.75. The molecule has 2 aromatic carbocycles. The van der Waals surface area contributed by atoms with E-state index < -0.39 is 0 Å².